The van der Waals surface area contributed by atoms with Gasteiger partial charge in [0, 0.05) is 12.4 Å². The maximum Gasteiger partial charge on any atom is 0.313 e. The number of ketones is 1. The molecular formula is C8H8N2O3. The summed E-state index contributed by atoms with van der Waals surface area (Å²) < 4.78 is 4.33. The minimum absolute atomic E-state index is 0.0351. The average Bonchev–Trinajstić information content (AvgIpc) is 2.19. The van der Waals surface area contributed by atoms with Crippen LogP contribution in [0.3, 0.4) is 0 Å². The van der Waals surface area contributed by atoms with E-state index in [1.54, 1.807) is 6.07 Å². The van der Waals surface area contributed by atoms with Crippen LogP contribution in [0.25, 0.3) is 0 Å². The van der Waals surface area contributed by atoms with Crippen molar-refractivity contribution in [2.75, 3.05) is 7.11 Å². The van der Waals surface area contributed by atoms with Gasteiger partial charge in [-0.15, -0.1) is 0 Å². The van der Waals surface area contributed by atoms with Crippen LogP contribution in [0.15, 0.2) is 18.5 Å². The van der Waals surface area contributed by atoms with Gasteiger partial charge >= 0.3 is 5.97 Å². The summed E-state index contributed by atoms with van der Waals surface area (Å²) >= 11 is 0. The molecule has 1 heterocycles. The van der Waals surface area contributed by atoms with Crippen LogP contribution in [0, 0.1) is 0 Å². The zero-order valence-electron chi connectivity index (χ0n) is 7.06. The minimum atomic E-state index is -0.586. The Balaban J connectivity index is 2.65. The van der Waals surface area contributed by atoms with E-state index in [0.717, 1.165) is 0 Å². The average molecular weight is 180 g/mol. The number of esters is 1. The van der Waals surface area contributed by atoms with Crippen molar-refractivity contribution in [3.8, 4) is 0 Å². The first-order chi connectivity index (χ1) is 6.24. The quantitative estimate of drug-likeness (QED) is 0.378. The molecule has 0 saturated heterocycles. The number of hydrogen-bond acceptors (Lipinski definition) is 5. The number of nitrogens with zero attached hydrogens (tertiary/aromatic N) is 2. The van der Waals surface area contributed by atoms with Gasteiger partial charge in [0.15, 0.2) is 5.82 Å². The molecule has 0 aliphatic heterocycles. The predicted octanol–water partition coefficient (Wildman–Crippen LogP) is 0.222. The van der Waals surface area contributed by atoms with Crippen molar-refractivity contribution in [3.05, 3.63) is 24.3 Å². The molecule has 13 heavy (non-hydrogen) atoms. The van der Waals surface area contributed by atoms with E-state index in [2.05, 4.69) is 14.7 Å². The Hall–Kier alpha value is -1.78. The second-order valence-corrected chi connectivity index (χ2v) is 2.25. The molecule has 0 atom stereocenters. The highest BCUT2D eigenvalue weighted by molar-refractivity contribution is 6.03. The fourth-order valence-corrected chi connectivity index (χ4v) is 0.725. The van der Waals surface area contributed by atoms with Crippen LogP contribution < -0.4 is 0 Å². The molecule has 68 valence electrons. The molecular weight excluding hydrogens is 172 g/mol. The van der Waals surface area contributed by atoms with Gasteiger partial charge in [-0.1, -0.05) is 0 Å². The summed E-state index contributed by atoms with van der Waals surface area (Å²) in [6.07, 6.45) is 2.57. The lowest BCUT2D eigenvalue weighted by Crippen LogP contribution is -2.12. The molecule has 1 rings (SSSR count). The Morgan fingerprint density at radius 3 is 2.54 bits per heavy atom. The van der Waals surface area contributed by atoms with Crippen LogP contribution >= 0.6 is 0 Å². The van der Waals surface area contributed by atoms with Gasteiger partial charge in [0.05, 0.1) is 7.11 Å². The van der Waals surface area contributed by atoms with Gasteiger partial charge in [-0.05, 0) is 6.07 Å². The van der Waals surface area contributed by atoms with Crippen molar-refractivity contribution in [2.24, 2.45) is 0 Å². The van der Waals surface area contributed by atoms with Crippen molar-refractivity contribution >= 4 is 11.8 Å². The maximum atomic E-state index is 11.2. The van der Waals surface area contributed by atoms with Gasteiger partial charge in [-0.3, -0.25) is 9.59 Å². The predicted molar refractivity (Wildman–Crippen MR) is 43.0 cm³/mol. The highest BCUT2D eigenvalue weighted by atomic mass is 16.5. The number of methoxy groups -OCH3 is 1. The van der Waals surface area contributed by atoms with Gasteiger partial charge in [0.25, 0.3) is 0 Å². The fourth-order valence-electron chi connectivity index (χ4n) is 0.725. The van der Waals surface area contributed by atoms with Crippen LogP contribution in [0.1, 0.15) is 17.0 Å². The Labute approximate surface area is 74.8 Å². The molecule has 0 amide bonds. The van der Waals surface area contributed by atoms with E-state index in [1.807, 2.05) is 0 Å². The highest BCUT2D eigenvalue weighted by Gasteiger charge is 2.13. The molecule has 5 nitrogen and oxygen atoms in total. The summed E-state index contributed by atoms with van der Waals surface area (Å²) in [7, 11) is 1.22. The molecule has 0 unspecified atom stereocenters. The van der Waals surface area contributed by atoms with Crippen LogP contribution in [0.5, 0.6) is 0 Å². The largest absolute Gasteiger partial charge is 0.469 e. The molecule has 0 aromatic carbocycles. The van der Waals surface area contributed by atoms with Crippen LogP contribution in [0.4, 0.5) is 0 Å². The molecule has 0 fully saturated rings. The van der Waals surface area contributed by atoms with Gasteiger partial charge in [0.2, 0.25) is 5.78 Å². The second kappa shape index (κ2) is 4.30. The molecule has 0 aliphatic carbocycles. The van der Waals surface area contributed by atoms with E-state index in [0.29, 0.717) is 0 Å². The first-order valence-corrected chi connectivity index (χ1v) is 3.61. The van der Waals surface area contributed by atoms with Crippen molar-refractivity contribution in [3.63, 3.8) is 0 Å². The smallest absolute Gasteiger partial charge is 0.313 e. The van der Waals surface area contributed by atoms with Crippen molar-refractivity contribution in [2.45, 2.75) is 6.42 Å². The summed E-state index contributed by atoms with van der Waals surface area (Å²) in [6.45, 7) is 0. The van der Waals surface area contributed by atoms with E-state index < -0.39 is 11.8 Å². The number of carbonyl (C=O) groups is 2. The van der Waals surface area contributed by atoms with Crippen molar-refractivity contribution in [1.82, 2.24) is 9.97 Å². The lowest BCUT2D eigenvalue weighted by molar-refractivity contribution is -0.139. The molecule has 0 saturated carbocycles. The second-order valence-electron chi connectivity index (χ2n) is 2.25. The van der Waals surface area contributed by atoms with Gasteiger partial charge in [0.1, 0.15) is 6.42 Å². The molecule has 0 radical (unpaired) electrons. The molecule has 0 bridgehead atoms. The Morgan fingerprint density at radius 1 is 1.38 bits per heavy atom. The zero-order chi connectivity index (χ0) is 9.68. The van der Waals surface area contributed by atoms with Crippen LogP contribution in [0.2, 0.25) is 0 Å². The fraction of sp³-hybridized carbons (Fsp3) is 0.250. The van der Waals surface area contributed by atoms with Crippen LogP contribution in [-0.4, -0.2) is 28.8 Å². The van der Waals surface area contributed by atoms with Crippen LogP contribution in [-0.2, 0) is 9.53 Å². The lowest BCUT2D eigenvalue weighted by atomic mass is 10.3. The Bertz CT molecular complexity index is 310. The summed E-state index contributed by atoms with van der Waals surface area (Å²) in [5.74, 6) is -0.988. The minimum Gasteiger partial charge on any atom is -0.469 e. The lowest BCUT2D eigenvalue weighted by Gasteiger charge is -1.96. The Kier molecular flexibility index (Phi) is 3.08. The van der Waals surface area contributed by atoms with E-state index in [1.165, 1.54) is 19.5 Å². The van der Waals surface area contributed by atoms with Gasteiger partial charge < -0.3 is 4.74 Å². The monoisotopic (exact) mass is 180 g/mol. The highest BCUT2D eigenvalue weighted by Crippen LogP contribution is 1.95. The number of carbonyl (C=O) groups excluding carboxylic acids is 2. The number of hydrogen-bond donors (Lipinski definition) is 0. The number of ether oxygens (including phenoxy) is 1. The van der Waals surface area contributed by atoms with E-state index in [9.17, 15) is 9.59 Å². The number of Topliss-reactive ketones (excluding diaryl/α,β-unsaturated/α-hetero) is 1. The third kappa shape index (κ3) is 2.62. The molecule has 1 aromatic heterocycles. The first kappa shape index (κ1) is 9.31. The summed E-state index contributed by atoms with van der Waals surface area (Å²) in [5, 5.41) is 0. The van der Waals surface area contributed by atoms with Crippen molar-refractivity contribution in [1.29, 1.82) is 0 Å². The number of rotatable bonds is 3. The third-order valence-electron chi connectivity index (χ3n) is 1.35. The van der Waals surface area contributed by atoms with E-state index >= 15 is 0 Å². The molecule has 0 spiro atoms. The summed E-state index contributed by atoms with van der Waals surface area (Å²) in [5.41, 5.74) is 0. The van der Waals surface area contributed by atoms with Gasteiger partial charge in [-0.25, -0.2) is 9.97 Å². The zero-order valence-corrected chi connectivity index (χ0v) is 7.06. The Morgan fingerprint density at radius 2 is 2.00 bits per heavy atom. The summed E-state index contributed by atoms with van der Waals surface area (Å²) in [6, 6.07) is 1.59. The molecule has 1 aromatic rings. The van der Waals surface area contributed by atoms with Crippen molar-refractivity contribution < 1.29 is 14.3 Å². The topological polar surface area (TPSA) is 69.2 Å². The molecule has 0 aliphatic rings. The third-order valence-corrected chi connectivity index (χ3v) is 1.35. The molecule has 5 heteroatoms. The standard InChI is InChI=1S/C8H8N2O3/c1-13-7(12)5-6(11)8-9-3-2-4-10-8/h2-4H,5H2,1H3. The maximum absolute atomic E-state index is 11.2. The normalized spacial score (nSPS) is 9.31. The summed E-state index contributed by atoms with van der Waals surface area (Å²) in [4.78, 5) is 29.3. The van der Waals surface area contributed by atoms with E-state index in [4.69, 9.17) is 0 Å². The SMILES string of the molecule is COC(=O)CC(=O)c1ncccn1. The first-order valence-electron chi connectivity index (χ1n) is 3.61. The molecule has 0 N–H and O–H groups in total. The van der Waals surface area contributed by atoms with Gasteiger partial charge in [-0.2, -0.15) is 0 Å². The van der Waals surface area contributed by atoms with E-state index in [-0.39, 0.29) is 12.2 Å². The number of aromatic nitrogens is 2.